The Hall–Kier alpha value is -0.890. The SMILES string of the molecule is CCCCC1(OC)C=CC=CC1C=O. The van der Waals surface area contributed by atoms with Crippen molar-refractivity contribution in [1.29, 1.82) is 0 Å². The van der Waals surface area contributed by atoms with Crippen molar-refractivity contribution in [1.82, 2.24) is 0 Å². The summed E-state index contributed by atoms with van der Waals surface area (Å²) in [6.07, 6.45) is 11.9. The number of allylic oxidation sites excluding steroid dienone is 2. The van der Waals surface area contributed by atoms with Gasteiger partial charge >= 0.3 is 0 Å². The van der Waals surface area contributed by atoms with Gasteiger partial charge in [0.15, 0.2) is 0 Å². The standard InChI is InChI=1S/C12H18O2/c1-3-4-8-12(14-2)9-6-5-7-11(12)10-13/h5-7,9-11H,3-4,8H2,1-2H3. The average Bonchev–Trinajstić information content (AvgIpc) is 2.26. The molecule has 0 radical (unpaired) electrons. The maximum Gasteiger partial charge on any atom is 0.130 e. The highest BCUT2D eigenvalue weighted by molar-refractivity contribution is 5.61. The number of carbonyl (C=O) groups is 1. The molecule has 1 aliphatic carbocycles. The topological polar surface area (TPSA) is 26.3 Å². The van der Waals surface area contributed by atoms with Crippen molar-refractivity contribution in [2.75, 3.05) is 7.11 Å². The predicted molar refractivity (Wildman–Crippen MR) is 57.1 cm³/mol. The molecule has 2 atom stereocenters. The molecule has 0 spiro atoms. The lowest BCUT2D eigenvalue weighted by Crippen LogP contribution is -2.39. The van der Waals surface area contributed by atoms with Gasteiger partial charge in [-0.05, 0) is 6.42 Å². The number of carbonyl (C=O) groups excluding carboxylic acids is 1. The molecule has 2 unspecified atom stereocenters. The molecular weight excluding hydrogens is 176 g/mol. The van der Waals surface area contributed by atoms with E-state index >= 15 is 0 Å². The van der Waals surface area contributed by atoms with E-state index in [0.29, 0.717) is 0 Å². The van der Waals surface area contributed by atoms with Crippen LogP contribution in [0.5, 0.6) is 0 Å². The van der Waals surface area contributed by atoms with Crippen molar-refractivity contribution in [3.05, 3.63) is 24.3 Å². The van der Waals surface area contributed by atoms with Crippen molar-refractivity contribution < 1.29 is 9.53 Å². The molecule has 2 heteroatoms. The van der Waals surface area contributed by atoms with Crippen LogP contribution in [0.1, 0.15) is 26.2 Å². The fourth-order valence-electron chi connectivity index (χ4n) is 1.85. The summed E-state index contributed by atoms with van der Waals surface area (Å²) >= 11 is 0. The average molecular weight is 194 g/mol. The van der Waals surface area contributed by atoms with E-state index in [-0.39, 0.29) is 5.92 Å². The summed E-state index contributed by atoms with van der Waals surface area (Å²) in [6.45, 7) is 2.14. The number of rotatable bonds is 5. The number of aldehydes is 1. The Morgan fingerprint density at radius 3 is 2.86 bits per heavy atom. The molecule has 78 valence electrons. The summed E-state index contributed by atoms with van der Waals surface area (Å²) in [5.74, 6) is -0.135. The zero-order chi connectivity index (χ0) is 10.4. The molecule has 0 amide bonds. The molecule has 0 heterocycles. The van der Waals surface area contributed by atoms with Gasteiger partial charge in [-0.2, -0.15) is 0 Å². The lowest BCUT2D eigenvalue weighted by Gasteiger charge is -2.34. The van der Waals surface area contributed by atoms with Crippen LogP contribution in [0.25, 0.3) is 0 Å². The third-order valence-corrected chi connectivity index (χ3v) is 2.82. The number of hydrogen-bond acceptors (Lipinski definition) is 2. The molecule has 0 saturated heterocycles. The van der Waals surface area contributed by atoms with Crippen LogP contribution in [0, 0.1) is 5.92 Å². The highest BCUT2D eigenvalue weighted by Crippen LogP contribution is 2.31. The largest absolute Gasteiger partial charge is 0.373 e. The number of unbranched alkanes of at least 4 members (excludes halogenated alkanes) is 1. The minimum atomic E-state index is -0.396. The first-order valence-corrected chi connectivity index (χ1v) is 5.15. The molecule has 0 saturated carbocycles. The van der Waals surface area contributed by atoms with Gasteiger partial charge in [0, 0.05) is 7.11 Å². The zero-order valence-electron chi connectivity index (χ0n) is 8.90. The third kappa shape index (κ3) is 2.13. The molecule has 0 N–H and O–H groups in total. The second-order valence-electron chi connectivity index (χ2n) is 3.67. The first-order chi connectivity index (χ1) is 6.79. The second-order valence-corrected chi connectivity index (χ2v) is 3.67. The van der Waals surface area contributed by atoms with E-state index < -0.39 is 5.60 Å². The molecule has 1 aliphatic rings. The van der Waals surface area contributed by atoms with Gasteiger partial charge in [-0.15, -0.1) is 0 Å². The summed E-state index contributed by atoms with van der Waals surface area (Å²) in [6, 6.07) is 0. The van der Waals surface area contributed by atoms with Crippen LogP contribution in [-0.4, -0.2) is 19.0 Å². The van der Waals surface area contributed by atoms with E-state index in [0.717, 1.165) is 25.5 Å². The van der Waals surface area contributed by atoms with Gasteiger partial charge in [-0.1, -0.05) is 44.1 Å². The fourth-order valence-corrected chi connectivity index (χ4v) is 1.85. The third-order valence-electron chi connectivity index (χ3n) is 2.82. The summed E-state index contributed by atoms with van der Waals surface area (Å²) in [5.41, 5.74) is -0.396. The second kappa shape index (κ2) is 5.11. The van der Waals surface area contributed by atoms with E-state index in [1.165, 1.54) is 0 Å². The normalized spacial score (nSPS) is 30.6. The summed E-state index contributed by atoms with van der Waals surface area (Å²) in [7, 11) is 1.68. The molecule has 1 rings (SSSR count). The first-order valence-electron chi connectivity index (χ1n) is 5.15. The molecule has 2 nitrogen and oxygen atoms in total. The van der Waals surface area contributed by atoms with Crippen molar-refractivity contribution in [2.24, 2.45) is 5.92 Å². The number of hydrogen-bond donors (Lipinski definition) is 0. The number of methoxy groups -OCH3 is 1. The Morgan fingerprint density at radius 2 is 2.29 bits per heavy atom. The highest BCUT2D eigenvalue weighted by atomic mass is 16.5. The van der Waals surface area contributed by atoms with E-state index in [2.05, 4.69) is 6.92 Å². The van der Waals surface area contributed by atoms with E-state index in [9.17, 15) is 4.79 Å². The van der Waals surface area contributed by atoms with Crippen molar-refractivity contribution >= 4 is 6.29 Å². The zero-order valence-corrected chi connectivity index (χ0v) is 8.90. The predicted octanol–water partition coefficient (Wildman–Crippen LogP) is 2.50. The maximum atomic E-state index is 10.9. The molecular formula is C12H18O2. The van der Waals surface area contributed by atoms with E-state index in [1.54, 1.807) is 7.11 Å². The van der Waals surface area contributed by atoms with Crippen LogP contribution in [0.4, 0.5) is 0 Å². The van der Waals surface area contributed by atoms with Crippen LogP contribution >= 0.6 is 0 Å². The fraction of sp³-hybridized carbons (Fsp3) is 0.583. The Kier molecular flexibility index (Phi) is 4.08. The summed E-state index contributed by atoms with van der Waals surface area (Å²) < 4.78 is 5.52. The molecule has 0 bridgehead atoms. The van der Waals surface area contributed by atoms with Crippen molar-refractivity contribution in [2.45, 2.75) is 31.8 Å². The number of ether oxygens (including phenoxy) is 1. The van der Waals surface area contributed by atoms with Gasteiger partial charge in [-0.25, -0.2) is 0 Å². The molecule has 0 aromatic carbocycles. The van der Waals surface area contributed by atoms with E-state index in [4.69, 9.17) is 4.74 Å². The van der Waals surface area contributed by atoms with Gasteiger partial charge in [0.1, 0.15) is 6.29 Å². The smallest absolute Gasteiger partial charge is 0.130 e. The van der Waals surface area contributed by atoms with Crippen molar-refractivity contribution in [3.8, 4) is 0 Å². The van der Waals surface area contributed by atoms with Gasteiger partial charge < -0.3 is 9.53 Å². The Bertz CT molecular complexity index is 243. The molecule has 0 aromatic heterocycles. The quantitative estimate of drug-likeness (QED) is 0.628. The molecule has 0 fully saturated rings. The van der Waals surface area contributed by atoms with Crippen LogP contribution in [-0.2, 0) is 9.53 Å². The van der Waals surface area contributed by atoms with Gasteiger partial charge in [0.2, 0.25) is 0 Å². The maximum absolute atomic E-state index is 10.9. The minimum Gasteiger partial charge on any atom is -0.373 e. The lowest BCUT2D eigenvalue weighted by atomic mass is 9.81. The summed E-state index contributed by atoms with van der Waals surface area (Å²) in [5, 5.41) is 0. The van der Waals surface area contributed by atoms with Crippen LogP contribution < -0.4 is 0 Å². The Morgan fingerprint density at radius 1 is 1.50 bits per heavy atom. The lowest BCUT2D eigenvalue weighted by molar-refractivity contribution is -0.117. The summed E-state index contributed by atoms with van der Waals surface area (Å²) in [4.78, 5) is 10.9. The highest BCUT2D eigenvalue weighted by Gasteiger charge is 2.35. The Labute approximate surface area is 85.6 Å². The van der Waals surface area contributed by atoms with Gasteiger partial charge in [0.25, 0.3) is 0 Å². The van der Waals surface area contributed by atoms with Gasteiger partial charge in [-0.3, -0.25) is 0 Å². The van der Waals surface area contributed by atoms with Crippen LogP contribution in [0.15, 0.2) is 24.3 Å². The van der Waals surface area contributed by atoms with Crippen LogP contribution in [0.3, 0.4) is 0 Å². The molecule has 0 aromatic rings. The first kappa shape index (κ1) is 11.2. The molecule has 14 heavy (non-hydrogen) atoms. The minimum absolute atomic E-state index is 0.135. The van der Waals surface area contributed by atoms with E-state index in [1.807, 2.05) is 24.3 Å². The monoisotopic (exact) mass is 194 g/mol. The van der Waals surface area contributed by atoms with Crippen molar-refractivity contribution in [3.63, 3.8) is 0 Å². The molecule has 0 aliphatic heterocycles. The van der Waals surface area contributed by atoms with Crippen LogP contribution in [0.2, 0.25) is 0 Å². The Balaban J connectivity index is 2.78. The van der Waals surface area contributed by atoms with Gasteiger partial charge in [0.05, 0.1) is 11.5 Å².